The molecule has 118 valence electrons. The minimum atomic E-state index is 0.0317. The van der Waals surface area contributed by atoms with Gasteiger partial charge in [0, 0.05) is 11.0 Å². The van der Waals surface area contributed by atoms with Crippen LogP contribution in [0.4, 0.5) is 0 Å². The minimum Gasteiger partial charge on any atom is -0.369 e. The van der Waals surface area contributed by atoms with Gasteiger partial charge in [0.05, 0.1) is 12.2 Å². The molecule has 0 bridgehead atoms. The van der Waals surface area contributed by atoms with Crippen LogP contribution in [-0.2, 0) is 11.3 Å². The molecule has 0 aliphatic heterocycles. The van der Waals surface area contributed by atoms with Gasteiger partial charge in [-0.15, -0.1) is 0 Å². The summed E-state index contributed by atoms with van der Waals surface area (Å²) in [5.41, 5.74) is 1.28. The highest BCUT2D eigenvalue weighted by molar-refractivity contribution is 9.10. The van der Waals surface area contributed by atoms with Crippen LogP contribution < -0.4 is 5.32 Å². The molecule has 0 atom stereocenters. The highest BCUT2D eigenvalue weighted by atomic mass is 79.9. The van der Waals surface area contributed by atoms with Gasteiger partial charge < -0.3 is 10.1 Å². The third kappa shape index (κ3) is 5.39. The molecule has 0 radical (unpaired) electrons. The molecule has 1 aromatic rings. The first-order valence-electron chi connectivity index (χ1n) is 8.23. The zero-order chi connectivity index (χ0) is 15.1. The number of ether oxygens (including phenoxy) is 1. The molecule has 1 saturated carbocycles. The molecule has 1 aliphatic rings. The average molecular weight is 354 g/mol. The van der Waals surface area contributed by atoms with Crippen molar-refractivity contribution in [2.24, 2.45) is 5.92 Å². The molecule has 1 N–H and O–H groups in total. The molecular weight excluding hydrogens is 326 g/mol. The van der Waals surface area contributed by atoms with Gasteiger partial charge in [0.25, 0.3) is 0 Å². The normalized spacial score (nSPS) is 26.0. The maximum absolute atomic E-state index is 6.42. The number of benzene rings is 1. The lowest BCUT2D eigenvalue weighted by molar-refractivity contribution is -0.0848. The molecule has 1 aromatic carbocycles. The Morgan fingerprint density at radius 3 is 2.76 bits per heavy atom. The van der Waals surface area contributed by atoms with E-state index in [1.807, 2.05) is 0 Å². The van der Waals surface area contributed by atoms with E-state index in [4.69, 9.17) is 4.74 Å². The van der Waals surface area contributed by atoms with Crippen LogP contribution in [0.5, 0.6) is 0 Å². The second kappa shape index (κ2) is 8.30. The van der Waals surface area contributed by atoms with E-state index in [0.29, 0.717) is 6.61 Å². The van der Waals surface area contributed by atoms with Crippen LogP contribution in [0.1, 0.15) is 51.5 Å². The van der Waals surface area contributed by atoms with Gasteiger partial charge in [0.15, 0.2) is 0 Å². The van der Waals surface area contributed by atoms with Crippen molar-refractivity contribution in [1.82, 2.24) is 5.32 Å². The summed E-state index contributed by atoms with van der Waals surface area (Å²) in [5, 5.41) is 3.57. The van der Waals surface area contributed by atoms with Crippen molar-refractivity contribution in [3.8, 4) is 0 Å². The van der Waals surface area contributed by atoms with E-state index in [2.05, 4.69) is 59.4 Å². The van der Waals surface area contributed by atoms with E-state index >= 15 is 0 Å². The molecule has 2 rings (SSSR count). The first kappa shape index (κ1) is 17.0. The monoisotopic (exact) mass is 353 g/mol. The Bertz CT molecular complexity index is 427. The van der Waals surface area contributed by atoms with Crippen molar-refractivity contribution in [3.05, 3.63) is 34.3 Å². The number of rotatable bonds is 7. The van der Waals surface area contributed by atoms with E-state index in [-0.39, 0.29) is 5.60 Å². The minimum absolute atomic E-state index is 0.0317. The number of hydrogen-bond donors (Lipinski definition) is 1. The number of halogens is 1. The van der Waals surface area contributed by atoms with Gasteiger partial charge >= 0.3 is 0 Å². The highest BCUT2D eigenvalue weighted by Gasteiger charge is 2.34. The Morgan fingerprint density at radius 2 is 2.10 bits per heavy atom. The largest absolute Gasteiger partial charge is 0.369 e. The fourth-order valence-electron chi connectivity index (χ4n) is 3.02. The Hall–Kier alpha value is -0.380. The molecule has 0 amide bonds. The topological polar surface area (TPSA) is 21.3 Å². The second-order valence-corrected chi connectivity index (χ2v) is 7.38. The maximum Gasteiger partial charge on any atom is 0.0811 e. The summed E-state index contributed by atoms with van der Waals surface area (Å²) in [7, 11) is 0. The molecule has 21 heavy (non-hydrogen) atoms. The van der Waals surface area contributed by atoms with Gasteiger partial charge in [0.1, 0.15) is 0 Å². The van der Waals surface area contributed by atoms with Gasteiger partial charge in [-0.1, -0.05) is 41.9 Å². The van der Waals surface area contributed by atoms with Crippen LogP contribution in [0.25, 0.3) is 0 Å². The summed E-state index contributed by atoms with van der Waals surface area (Å²) in [5.74, 6) is 0.846. The van der Waals surface area contributed by atoms with Gasteiger partial charge in [-0.2, -0.15) is 0 Å². The molecule has 1 fully saturated rings. The summed E-state index contributed by atoms with van der Waals surface area (Å²) in [6.45, 7) is 7.35. The predicted molar refractivity (Wildman–Crippen MR) is 92.5 cm³/mol. The molecule has 3 heteroatoms. The smallest absolute Gasteiger partial charge is 0.0811 e. The Kier molecular flexibility index (Phi) is 6.72. The summed E-state index contributed by atoms with van der Waals surface area (Å²) < 4.78 is 7.55. The molecular formula is C18H28BrNO. The summed E-state index contributed by atoms with van der Waals surface area (Å²) in [6.07, 6.45) is 6.11. The van der Waals surface area contributed by atoms with Crippen molar-refractivity contribution in [2.45, 2.75) is 58.2 Å². The van der Waals surface area contributed by atoms with Gasteiger partial charge in [0.2, 0.25) is 0 Å². The first-order valence-corrected chi connectivity index (χ1v) is 9.02. The lowest BCUT2D eigenvalue weighted by Gasteiger charge is -2.39. The van der Waals surface area contributed by atoms with E-state index in [0.717, 1.165) is 23.5 Å². The van der Waals surface area contributed by atoms with Crippen LogP contribution in [0.2, 0.25) is 0 Å². The lowest BCUT2D eigenvalue weighted by Crippen LogP contribution is -2.45. The average Bonchev–Trinajstić information content (AvgIpc) is 2.49. The molecule has 0 heterocycles. The zero-order valence-corrected chi connectivity index (χ0v) is 14.9. The third-order valence-electron chi connectivity index (χ3n) is 4.49. The number of hydrogen-bond acceptors (Lipinski definition) is 2. The molecule has 0 saturated heterocycles. The van der Waals surface area contributed by atoms with Crippen molar-refractivity contribution >= 4 is 15.9 Å². The molecule has 2 nitrogen and oxygen atoms in total. The summed E-state index contributed by atoms with van der Waals surface area (Å²) in [6, 6.07) is 8.43. The Labute approximate surface area is 137 Å². The third-order valence-corrected chi connectivity index (χ3v) is 4.99. The molecule has 0 aromatic heterocycles. The molecule has 0 unspecified atom stereocenters. The molecule has 0 spiro atoms. The van der Waals surface area contributed by atoms with Crippen LogP contribution in [0, 0.1) is 5.92 Å². The van der Waals surface area contributed by atoms with E-state index in [1.165, 1.54) is 37.7 Å². The highest BCUT2D eigenvalue weighted by Crippen LogP contribution is 2.35. The maximum atomic E-state index is 6.42. The SMILES string of the molecule is CCCNCC1(OCc2cccc(Br)c2)CCC(C)CC1. The van der Waals surface area contributed by atoms with E-state index in [9.17, 15) is 0 Å². The van der Waals surface area contributed by atoms with Crippen LogP contribution in [-0.4, -0.2) is 18.7 Å². The summed E-state index contributed by atoms with van der Waals surface area (Å²) in [4.78, 5) is 0. The Morgan fingerprint density at radius 1 is 1.33 bits per heavy atom. The first-order chi connectivity index (χ1) is 10.1. The lowest BCUT2D eigenvalue weighted by atomic mass is 9.79. The van der Waals surface area contributed by atoms with Gasteiger partial charge in [-0.3, -0.25) is 0 Å². The van der Waals surface area contributed by atoms with Crippen molar-refractivity contribution < 1.29 is 4.74 Å². The van der Waals surface area contributed by atoms with Gasteiger partial charge in [-0.05, 0) is 62.3 Å². The van der Waals surface area contributed by atoms with Crippen molar-refractivity contribution in [2.75, 3.05) is 13.1 Å². The quantitative estimate of drug-likeness (QED) is 0.702. The van der Waals surface area contributed by atoms with E-state index in [1.54, 1.807) is 0 Å². The molecule has 1 aliphatic carbocycles. The summed E-state index contributed by atoms with van der Waals surface area (Å²) >= 11 is 3.53. The standard InChI is InChI=1S/C18H28BrNO/c1-3-11-20-14-18(9-7-15(2)8-10-18)21-13-16-5-4-6-17(19)12-16/h4-6,12,15,20H,3,7-11,13-14H2,1-2H3. The number of nitrogens with one attached hydrogen (secondary N) is 1. The van der Waals surface area contributed by atoms with Gasteiger partial charge in [-0.25, -0.2) is 0 Å². The van der Waals surface area contributed by atoms with Crippen LogP contribution in [0.15, 0.2) is 28.7 Å². The Balaban J connectivity index is 1.95. The predicted octanol–water partition coefficient (Wildman–Crippen LogP) is 4.91. The fourth-order valence-corrected chi connectivity index (χ4v) is 3.46. The van der Waals surface area contributed by atoms with E-state index < -0.39 is 0 Å². The fraction of sp³-hybridized carbons (Fsp3) is 0.667. The van der Waals surface area contributed by atoms with Crippen molar-refractivity contribution in [1.29, 1.82) is 0 Å². The van der Waals surface area contributed by atoms with Crippen LogP contribution in [0.3, 0.4) is 0 Å². The van der Waals surface area contributed by atoms with Crippen LogP contribution >= 0.6 is 15.9 Å². The zero-order valence-electron chi connectivity index (χ0n) is 13.3. The second-order valence-electron chi connectivity index (χ2n) is 6.46. The van der Waals surface area contributed by atoms with Crippen molar-refractivity contribution in [3.63, 3.8) is 0 Å².